The number of nitrogens with one attached hydrogen (secondary N) is 1. The zero-order valence-corrected chi connectivity index (χ0v) is 16.4. The molecule has 0 spiro atoms. The average molecular weight is 391 g/mol. The summed E-state index contributed by atoms with van der Waals surface area (Å²) >= 11 is 6.49. The van der Waals surface area contributed by atoms with Crippen LogP contribution < -0.4 is 5.32 Å². The molecule has 0 unspecified atom stereocenters. The van der Waals surface area contributed by atoms with Crippen LogP contribution in [0.5, 0.6) is 0 Å². The smallest absolute Gasteiger partial charge is 0.261 e. The molecule has 0 bridgehead atoms. The molecule has 0 aliphatic carbocycles. The van der Waals surface area contributed by atoms with Crippen molar-refractivity contribution in [3.8, 4) is 0 Å². The Labute approximate surface area is 168 Å². The van der Waals surface area contributed by atoms with E-state index in [-0.39, 0.29) is 5.91 Å². The number of amides is 1. The van der Waals surface area contributed by atoms with Crippen LogP contribution in [-0.4, -0.2) is 20.7 Å². The van der Waals surface area contributed by atoms with E-state index >= 15 is 0 Å². The number of benzene rings is 2. The van der Waals surface area contributed by atoms with Crippen molar-refractivity contribution < 1.29 is 4.79 Å². The number of anilines is 1. The van der Waals surface area contributed by atoms with Crippen LogP contribution in [0.4, 0.5) is 5.82 Å². The number of pyridine rings is 1. The van der Waals surface area contributed by atoms with Crippen molar-refractivity contribution in [2.75, 3.05) is 5.32 Å². The molecule has 4 aromatic rings. The third-order valence-corrected chi connectivity index (χ3v) is 4.97. The first-order chi connectivity index (χ1) is 13.5. The minimum absolute atomic E-state index is 0.316. The highest BCUT2D eigenvalue weighted by Gasteiger charge is 2.21. The second-order valence-electron chi connectivity index (χ2n) is 6.74. The van der Waals surface area contributed by atoms with Gasteiger partial charge in [-0.25, -0.2) is 9.67 Å². The highest BCUT2D eigenvalue weighted by molar-refractivity contribution is 6.33. The highest BCUT2D eigenvalue weighted by atomic mass is 35.5. The van der Waals surface area contributed by atoms with Gasteiger partial charge in [-0.3, -0.25) is 4.79 Å². The summed E-state index contributed by atoms with van der Waals surface area (Å²) in [7, 11) is 0. The fraction of sp³-hybridized carbons (Fsp3) is 0.136. The molecule has 0 radical (unpaired) electrons. The molecule has 4 rings (SSSR count). The van der Waals surface area contributed by atoms with Crippen molar-refractivity contribution >= 4 is 34.2 Å². The number of carbonyl (C=O) groups is 1. The lowest BCUT2D eigenvalue weighted by atomic mass is 10.1. The van der Waals surface area contributed by atoms with E-state index in [0.29, 0.717) is 28.8 Å². The Hall–Kier alpha value is -3.18. The molecule has 0 atom stereocenters. The molecule has 1 N–H and O–H groups in total. The number of fused-ring (bicyclic) bond motifs is 1. The summed E-state index contributed by atoms with van der Waals surface area (Å²) in [5.74, 6) is 0.158. The number of rotatable bonds is 4. The molecule has 2 heterocycles. The quantitative estimate of drug-likeness (QED) is 0.533. The molecule has 140 valence electrons. The highest BCUT2D eigenvalue weighted by Crippen LogP contribution is 2.23. The summed E-state index contributed by atoms with van der Waals surface area (Å²) in [4.78, 5) is 17.3. The largest absolute Gasteiger partial charge is 0.306 e. The van der Waals surface area contributed by atoms with Crippen molar-refractivity contribution in [2.24, 2.45) is 0 Å². The van der Waals surface area contributed by atoms with E-state index in [9.17, 15) is 4.79 Å². The minimum Gasteiger partial charge on any atom is -0.306 e. The zero-order valence-electron chi connectivity index (χ0n) is 15.6. The predicted molar refractivity (Wildman–Crippen MR) is 112 cm³/mol. The Balaban J connectivity index is 1.58. The average Bonchev–Trinajstić information content (AvgIpc) is 2.96. The zero-order chi connectivity index (χ0) is 19.7. The SMILES string of the molecule is Cc1ccc(Cn2nc(C)c(C(=O)Nc3ccc4ccccc4n3)c2Cl)cc1. The van der Waals surface area contributed by atoms with Crippen LogP contribution in [0.25, 0.3) is 10.9 Å². The Morgan fingerprint density at radius 2 is 1.79 bits per heavy atom. The lowest BCUT2D eigenvalue weighted by molar-refractivity contribution is 0.102. The van der Waals surface area contributed by atoms with Gasteiger partial charge in [0.15, 0.2) is 0 Å². The summed E-state index contributed by atoms with van der Waals surface area (Å²) in [5.41, 5.74) is 4.02. The molecule has 0 saturated carbocycles. The maximum Gasteiger partial charge on any atom is 0.261 e. The molecule has 0 aliphatic rings. The van der Waals surface area contributed by atoms with Crippen molar-refractivity contribution in [2.45, 2.75) is 20.4 Å². The van der Waals surface area contributed by atoms with E-state index in [4.69, 9.17) is 11.6 Å². The summed E-state index contributed by atoms with van der Waals surface area (Å²) in [6.07, 6.45) is 0. The first kappa shape index (κ1) is 18.2. The second kappa shape index (κ2) is 7.44. The Morgan fingerprint density at radius 3 is 2.57 bits per heavy atom. The van der Waals surface area contributed by atoms with Gasteiger partial charge in [-0.05, 0) is 37.6 Å². The number of hydrogen-bond acceptors (Lipinski definition) is 3. The van der Waals surface area contributed by atoms with E-state index in [1.807, 2.05) is 61.5 Å². The van der Waals surface area contributed by atoms with Gasteiger partial charge in [0.1, 0.15) is 11.0 Å². The molecule has 2 aromatic heterocycles. The fourth-order valence-corrected chi connectivity index (χ4v) is 3.42. The molecule has 28 heavy (non-hydrogen) atoms. The van der Waals surface area contributed by atoms with Crippen molar-refractivity contribution in [3.05, 3.63) is 88.2 Å². The lowest BCUT2D eigenvalue weighted by Crippen LogP contribution is -2.14. The maximum absolute atomic E-state index is 12.8. The number of nitrogens with zero attached hydrogens (tertiary/aromatic N) is 3. The maximum atomic E-state index is 12.8. The van der Waals surface area contributed by atoms with Crippen LogP contribution in [0.15, 0.2) is 60.7 Å². The van der Waals surface area contributed by atoms with E-state index in [2.05, 4.69) is 15.4 Å². The van der Waals surface area contributed by atoms with E-state index in [0.717, 1.165) is 16.5 Å². The van der Waals surface area contributed by atoms with Crippen LogP contribution >= 0.6 is 11.6 Å². The summed E-state index contributed by atoms with van der Waals surface area (Å²) < 4.78 is 1.64. The number of hydrogen-bond donors (Lipinski definition) is 1. The van der Waals surface area contributed by atoms with Crippen molar-refractivity contribution in [1.29, 1.82) is 0 Å². The third kappa shape index (κ3) is 3.62. The van der Waals surface area contributed by atoms with Gasteiger partial charge >= 0.3 is 0 Å². The van der Waals surface area contributed by atoms with Crippen LogP contribution in [0, 0.1) is 13.8 Å². The van der Waals surface area contributed by atoms with Crippen molar-refractivity contribution in [1.82, 2.24) is 14.8 Å². The van der Waals surface area contributed by atoms with Gasteiger partial charge in [-0.1, -0.05) is 59.6 Å². The lowest BCUT2D eigenvalue weighted by Gasteiger charge is -2.06. The summed E-state index contributed by atoms with van der Waals surface area (Å²) in [6.45, 7) is 4.32. The molecule has 2 aromatic carbocycles. The van der Waals surface area contributed by atoms with Gasteiger partial charge in [0.25, 0.3) is 5.91 Å². The molecular formula is C22H19ClN4O. The van der Waals surface area contributed by atoms with Gasteiger partial charge in [0.2, 0.25) is 0 Å². The van der Waals surface area contributed by atoms with E-state index < -0.39 is 0 Å². The Bertz CT molecular complexity index is 1170. The first-order valence-electron chi connectivity index (χ1n) is 8.97. The van der Waals surface area contributed by atoms with Crippen LogP contribution in [0.3, 0.4) is 0 Å². The molecule has 5 nitrogen and oxygen atoms in total. The number of aryl methyl sites for hydroxylation is 2. The van der Waals surface area contributed by atoms with Crippen LogP contribution in [0.2, 0.25) is 5.15 Å². The number of halogens is 1. The number of aromatic nitrogens is 3. The third-order valence-electron chi connectivity index (χ3n) is 4.59. The monoisotopic (exact) mass is 390 g/mol. The predicted octanol–water partition coefficient (Wildman–Crippen LogP) is 5.00. The van der Waals surface area contributed by atoms with Crippen molar-refractivity contribution in [3.63, 3.8) is 0 Å². The van der Waals surface area contributed by atoms with E-state index in [1.54, 1.807) is 17.7 Å². The first-order valence-corrected chi connectivity index (χ1v) is 9.34. The molecule has 0 aliphatic heterocycles. The van der Waals surface area contributed by atoms with Gasteiger partial charge < -0.3 is 5.32 Å². The Morgan fingerprint density at radius 1 is 1.04 bits per heavy atom. The topological polar surface area (TPSA) is 59.8 Å². The second-order valence-corrected chi connectivity index (χ2v) is 7.10. The fourth-order valence-electron chi connectivity index (χ4n) is 3.10. The number of para-hydroxylation sites is 1. The van der Waals surface area contributed by atoms with Gasteiger partial charge in [-0.15, -0.1) is 0 Å². The summed E-state index contributed by atoms with van der Waals surface area (Å²) in [6, 6.07) is 19.6. The molecule has 0 fully saturated rings. The molecule has 0 saturated heterocycles. The molecular weight excluding hydrogens is 372 g/mol. The van der Waals surface area contributed by atoms with Crippen LogP contribution in [0.1, 0.15) is 27.2 Å². The van der Waals surface area contributed by atoms with Gasteiger partial charge in [-0.2, -0.15) is 5.10 Å². The van der Waals surface area contributed by atoms with Gasteiger partial charge in [0.05, 0.1) is 23.3 Å². The Kier molecular flexibility index (Phi) is 4.84. The number of carbonyl (C=O) groups excluding carboxylic acids is 1. The standard InChI is InChI=1S/C22H19ClN4O/c1-14-7-9-16(10-8-14)13-27-21(23)20(15(2)26-27)22(28)25-19-12-11-17-5-3-4-6-18(17)24-19/h3-12H,13H2,1-2H3,(H,24,25,28). The minimum atomic E-state index is -0.319. The normalized spacial score (nSPS) is 11.0. The van der Waals surface area contributed by atoms with Crippen LogP contribution in [-0.2, 0) is 6.54 Å². The van der Waals surface area contributed by atoms with E-state index in [1.165, 1.54) is 5.56 Å². The molecule has 1 amide bonds. The van der Waals surface area contributed by atoms with Gasteiger partial charge in [0, 0.05) is 5.39 Å². The molecule has 6 heteroatoms. The summed E-state index contributed by atoms with van der Waals surface area (Å²) in [5, 5.41) is 8.60.